The topological polar surface area (TPSA) is 12.0 Å². The van der Waals surface area contributed by atoms with E-state index in [2.05, 4.69) is 11.4 Å². The van der Waals surface area contributed by atoms with E-state index in [-0.39, 0.29) is 5.82 Å². The Balaban J connectivity index is 2.16. The van der Waals surface area contributed by atoms with E-state index in [9.17, 15) is 4.39 Å². The highest BCUT2D eigenvalue weighted by Gasteiger charge is 1.93. The highest BCUT2D eigenvalue weighted by Crippen LogP contribution is 2.15. The maximum absolute atomic E-state index is 12.6. The van der Waals surface area contributed by atoms with Gasteiger partial charge >= 0.3 is 0 Å². The van der Waals surface area contributed by atoms with Gasteiger partial charge in [0.05, 0.1) is 0 Å². The summed E-state index contributed by atoms with van der Waals surface area (Å²) in [5.74, 6) is -0.227. The summed E-state index contributed by atoms with van der Waals surface area (Å²) in [7, 11) is 0. The first-order valence-electron chi connectivity index (χ1n) is 4.33. The number of halogens is 1. The summed E-state index contributed by atoms with van der Waals surface area (Å²) in [5, 5.41) is 3.13. The number of benzene rings is 2. The molecule has 0 amide bonds. The molecule has 0 unspecified atom stereocenters. The van der Waals surface area contributed by atoms with Crippen molar-refractivity contribution in [3.8, 4) is 0 Å². The SMILES string of the molecule is Fc1ccc(Nc2c[c]ccc2)cc1. The molecule has 0 aromatic heterocycles. The molecule has 2 heteroatoms. The molecule has 0 saturated heterocycles. The fourth-order valence-corrected chi connectivity index (χ4v) is 1.17. The minimum Gasteiger partial charge on any atom is -0.356 e. The van der Waals surface area contributed by atoms with Crippen molar-refractivity contribution in [2.45, 2.75) is 0 Å². The van der Waals surface area contributed by atoms with Gasteiger partial charge in [-0.1, -0.05) is 12.1 Å². The van der Waals surface area contributed by atoms with Gasteiger partial charge in [0.2, 0.25) is 0 Å². The van der Waals surface area contributed by atoms with Crippen molar-refractivity contribution in [3.63, 3.8) is 0 Å². The van der Waals surface area contributed by atoms with Crippen LogP contribution < -0.4 is 5.32 Å². The highest BCUT2D eigenvalue weighted by atomic mass is 19.1. The van der Waals surface area contributed by atoms with Crippen molar-refractivity contribution in [2.24, 2.45) is 0 Å². The molecular formula is C12H9FN. The van der Waals surface area contributed by atoms with Crippen LogP contribution in [0.3, 0.4) is 0 Å². The largest absolute Gasteiger partial charge is 0.356 e. The molecule has 14 heavy (non-hydrogen) atoms. The van der Waals surface area contributed by atoms with Crippen LogP contribution in [0.1, 0.15) is 0 Å². The molecule has 2 aromatic rings. The van der Waals surface area contributed by atoms with E-state index >= 15 is 0 Å². The van der Waals surface area contributed by atoms with Crippen molar-refractivity contribution in [3.05, 3.63) is 60.4 Å². The van der Waals surface area contributed by atoms with E-state index in [0.717, 1.165) is 11.4 Å². The lowest BCUT2D eigenvalue weighted by molar-refractivity contribution is 0.628. The summed E-state index contributed by atoms with van der Waals surface area (Å²) in [5.41, 5.74) is 1.81. The maximum Gasteiger partial charge on any atom is 0.123 e. The Morgan fingerprint density at radius 1 is 1.00 bits per heavy atom. The molecule has 0 bridgehead atoms. The van der Waals surface area contributed by atoms with Gasteiger partial charge in [0.25, 0.3) is 0 Å². The zero-order valence-corrected chi connectivity index (χ0v) is 7.50. The molecule has 0 aliphatic rings. The third kappa shape index (κ3) is 2.10. The highest BCUT2D eigenvalue weighted by molar-refractivity contribution is 5.58. The second-order valence-electron chi connectivity index (χ2n) is 2.92. The quantitative estimate of drug-likeness (QED) is 0.758. The normalized spacial score (nSPS) is 9.79. The summed E-state index contributed by atoms with van der Waals surface area (Å²) in [4.78, 5) is 0. The molecule has 0 aliphatic carbocycles. The fraction of sp³-hybridized carbons (Fsp3) is 0. The lowest BCUT2D eigenvalue weighted by Gasteiger charge is -2.04. The van der Waals surface area contributed by atoms with Gasteiger partial charge in [0.1, 0.15) is 5.82 Å². The van der Waals surface area contributed by atoms with Gasteiger partial charge in [0.15, 0.2) is 0 Å². The molecule has 1 radical (unpaired) electrons. The van der Waals surface area contributed by atoms with E-state index in [4.69, 9.17) is 0 Å². The number of anilines is 2. The molecule has 2 rings (SSSR count). The Labute approximate surface area is 82.2 Å². The first-order valence-corrected chi connectivity index (χ1v) is 4.33. The lowest BCUT2D eigenvalue weighted by Crippen LogP contribution is -1.89. The molecule has 2 aromatic carbocycles. The van der Waals surface area contributed by atoms with Crippen molar-refractivity contribution in [1.82, 2.24) is 0 Å². The number of hydrogen-bond donors (Lipinski definition) is 1. The molecule has 1 nitrogen and oxygen atoms in total. The minimum absolute atomic E-state index is 0.227. The third-order valence-electron chi connectivity index (χ3n) is 1.84. The molecule has 1 N–H and O–H groups in total. The summed E-state index contributed by atoms with van der Waals surface area (Å²) in [6.45, 7) is 0. The third-order valence-corrected chi connectivity index (χ3v) is 1.84. The van der Waals surface area contributed by atoms with Crippen LogP contribution in [0.2, 0.25) is 0 Å². The maximum atomic E-state index is 12.6. The Kier molecular flexibility index (Phi) is 2.45. The zero-order valence-electron chi connectivity index (χ0n) is 7.50. The number of nitrogens with one attached hydrogen (secondary N) is 1. The van der Waals surface area contributed by atoms with Crippen LogP contribution in [0, 0.1) is 11.9 Å². The van der Waals surface area contributed by atoms with Crippen LogP contribution in [0.4, 0.5) is 15.8 Å². The van der Waals surface area contributed by atoms with Gasteiger partial charge < -0.3 is 5.32 Å². The van der Waals surface area contributed by atoms with Crippen molar-refractivity contribution >= 4 is 11.4 Å². The Morgan fingerprint density at radius 3 is 2.43 bits per heavy atom. The number of hydrogen-bond acceptors (Lipinski definition) is 1. The molecule has 69 valence electrons. The monoisotopic (exact) mass is 186 g/mol. The smallest absolute Gasteiger partial charge is 0.123 e. The predicted octanol–water partition coefficient (Wildman–Crippen LogP) is 3.37. The molecule has 0 saturated carbocycles. The molecule has 0 atom stereocenters. The van der Waals surface area contributed by atoms with E-state index in [1.54, 1.807) is 12.1 Å². The molecule has 0 spiro atoms. The minimum atomic E-state index is -0.227. The van der Waals surface area contributed by atoms with E-state index in [1.165, 1.54) is 12.1 Å². The van der Waals surface area contributed by atoms with Gasteiger partial charge in [-0.15, -0.1) is 0 Å². The van der Waals surface area contributed by atoms with Gasteiger partial charge in [-0.3, -0.25) is 0 Å². The van der Waals surface area contributed by atoms with Gasteiger partial charge in [-0.2, -0.15) is 0 Å². The van der Waals surface area contributed by atoms with Crippen molar-refractivity contribution < 1.29 is 4.39 Å². The second-order valence-corrected chi connectivity index (χ2v) is 2.92. The van der Waals surface area contributed by atoms with Gasteiger partial charge in [-0.25, -0.2) is 4.39 Å². The Morgan fingerprint density at radius 2 is 1.79 bits per heavy atom. The summed E-state index contributed by atoms with van der Waals surface area (Å²) in [6.07, 6.45) is 0. The van der Waals surface area contributed by atoms with Crippen LogP contribution in [0.5, 0.6) is 0 Å². The summed E-state index contributed by atoms with van der Waals surface area (Å²) >= 11 is 0. The standard InChI is InChI=1S/C12H9FN/c13-10-6-8-12(9-7-10)14-11-4-2-1-3-5-11/h1-2,4-9,14H. The van der Waals surface area contributed by atoms with E-state index < -0.39 is 0 Å². The average Bonchev–Trinajstić information content (AvgIpc) is 2.23. The first kappa shape index (κ1) is 8.75. The van der Waals surface area contributed by atoms with Crippen LogP contribution in [0.25, 0.3) is 0 Å². The summed E-state index contributed by atoms with van der Waals surface area (Å²) in [6, 6.07) is 16.7. The van der Waals surface area contributed by atoms with Crippen LogP contribution in [0.15, 0.2) is 48.5 Å². The lowest BCUT2D eigenvalue weighted by atomic mass is 10.2. The predicted molar refractivity (Wildman–Crippen MR) is 55.0 cm³/mol. The van der Waals surface area contributed by atoms with E-state index in [1.807, 2.05) is 24.3 Å². The Hall–Kier alpha value is -1.83. The fourth-order valence-electron chi connectivity index (χ4n) is 1.17. The zero-order chi connectivity index (χ0) is 9.80. The van der Waals surface area contributed by atoms with E-state index in [0.29, 0.717) is 0 Å². The Bertz CT molecular complexity index is 394. The van der Waals surface area contributed by atoms with Crippen LogP contribution in [-0.4, -0.2) is 0 Å². The van der Waals surface area contributed by atoms with Gasteiger partial charge in [0, 0.05) is 11.4 Å². The molecule has 0 fully saturated rings. The molecule has 0 aliphatic heterocycles. The second kappa shape index (κ2) is 3.92. The van der Waals surface area contributed by atoms with Crippen molar-refractivity contribution in [2.75, 3.05) is 5.32 Å². The summed E-state index contributed by atoms with van der Waals surface area (Å²) < 4.78 is 12.6. The first-order chi connectivity index (χ1) is 6.84. The molecule has 0 heterocycles. The molecular weight excluding hydrogens is 177 g/mol. The number of rotatable bonds is 2. The van der Waals surface area contributed by atoms with Crippen molar-refractivity contribution in [1.29, 1.82) is 0 Å². The van der Waals surface area contributed by atoms with Gasteiger partial charge in [-0.05, 0) is 42.5 Å². The van der Waals surface area contributed by atoms with Crippen LogP contribution >= 0.6 is 0 Å². The average molecular weight is 186 g/mol. The van der Waals surface area contributed by atoms with Crippen LogP contribution in [-0.2, 0) is 0 Å².